The Morgan fingerprint density at radius 3 is 2.75 bits per heavy atom. The second-order valence-corrected chi connectivity index (χ2v) is 6.57. The molecule has 0 aromatic heterocycles. The van der Waals surface area contributed by atoms with Crippen molar-refractivity contribution in [3.05, 3.63) is 29.3 Å². The van der Waals surface area contributed by atoms with Crippen LogP contribution in [0.2, 0.25) is 0 Å². The molecule has 1 saturated carbocycles. The highest BCUT2D eigenvalue weighted by Gasteiger charge is 2.31. The number of hydrogen-bond acceptors (Lipinski definition) is 3. The van der Waals surface area contributed by atoms with Crippen LogP contribution in [0.1, 0.15) is 30.4 Å². The summed E-state index contributed by atoms with van der Waals surface area (Å²) in [7, 11) is 0. The predicted octanol–water partition coefficient (Wildman–Crippen LogP) is 2.32. The highest BCUT2D eigenvalue weighted by molar-refractivity contribution is 5.54. The average Bonchev–Trinajstić information content (AvgIpc) is 3.33. The minimum atomic E-state index is 0.937. The van der Waals surface area contributed by atoms with Gasteiger partial charge in [-0.3, -0.25) is 9.80 Å². The topological polar surface area (TPSA) is 18.5 Å². The lowest BCUT2D eigenvalue weighted by atomic mass is 10.0. The number of rotatable bonds is 3. The summed E-state index contributed by atoms with van der Waals surface area (Å²) in [4.78, 5) is 5.31. The van der Waals surface area contributed by atoms with E-state index in [1.165, 1.54) is 68.7 Å². The molecule has 1 N–H and O–H groups in total. The van der Waals surface area contributed by atoms with E-state index < -0.39 is 0 Å². The van der Waals surface area contributed by atoms with E-state index in [-0.39, 0.29) is 0 Å². The summed E-state index contributed by atoms with van der Waals surface area (Å²) in [5, 5.41) is 3.50. The molecule has 2 fully saturated rings. The van der Waals surface area contributed by atoms with Gasteiger partial charge in [0.15, 0.2) is 0 Å². The molecule has 108 valence electrons. The van der Waals surface area contributed by atoms with E-state index in [4.69, 9.17) is 0 Å². The number of benzene rings is 1. The van der Waals surface area contributed by atoms with Crippen LogP contribution in [0.25, 0.3) is 0 Å². The number of piperazine rings is 1. The van der Waals surface area contributed by atoms with Gasteiger partial charge in [-0.2, -0.15) is 0 Å². The van der Waals surface area contributed by atoms with Crippen LogP contribution in [0.3, 0.4) is 0 Å². The van der Waals surface area contributed by atoms with Crippen molar-refractivity contribution in [2.75, 3.05) is 38.0 Å². The van der Waals surface area contributed by atoms with E-state index in [1.807, 2.05) is 0 Å². The first-order valence-corrected chi connectivity index (χ1v) is 8.20. The summed E-state index contributed by atoms with van der Waals surface area (Å²) >= 11 is 0. The van der Waals surface area contributed by atoms with E-state index in [9.17, 15) is 0 Å². The molecule has 3 aliphatic rings. The first-order chi connectivity index (χ1) is 9.88. The van der Waals surface area contributed by atoms with Gasteiger partial charge in [-0.25, -0.2) is 0 Å². The number of hydrogen-bond donors (Lipinski definition) is 1. The molecule has 4 rings (SSSR count). The summed E-state index contributed by atoms with van der Waals surface area (Å²) in [5.74, 6) is 0. The SMILES string of the molecule is c1cc2c(cc1CN1CCN(C3CC3)CC1)CCCN2. The highest BCUT2D eigenvalue weighted by Crippen LogP contribution is 2.28. The zero-order valence-corrected chi connectivity index (χ0v) is 12.3. The van der Waals surface area contributed by atoms with Crippen LogP contribution in [0, 0.1) is 0 Å². The smallest absolute Gasteiger partial charge is 0.0372 e. The van der Waals surface area contributed by atoms with Crippen molar-refractivity contribution in [2.45, 2.75) is 38.3 Å². The fourth-order valence-corrected chi connectivity index (χ4v) is 3.61. The predicted molar refractivity (Wildman–Crippen MR) is 83.1 cm³/mol. The van der Waals surface area contributed by atoms with Crippen molar-refractivity contribution in [1.29, 1.82) is 0 Å². The summed E-state index contributed by atoms with van der Waals surface area (Å²) in [6, 6.07) is 7.95. The molecule has 20 heavy (non-hydrogen) atoms. The number of aryl methyl sites for hydroxylation is 1. The lowest BCUT2D eigenvalue weighted by molar-refractivity contribution is 0.121. The van der Waals surface area contributed by atoms with Gasteiger partial charge in [0.25, 0.3) is 0 Å². The van der Waals surface area contributed by atoms with E-state index in [0.717, 1.165) is 19.1 Å². The zero-order valence-electron chi connectivity index (χ0n) is 12.3. The quantitative estimate of drug-likeness (QED) is 0.910. The molecule has 0 unspecified atom stereocenters. The molecule has 1 saturated heterocycles. The van der Waals surface area contributed by atoms with E-state index in [1.54, 1.807) is 0 Å². The fraction of sp³-hybridized carbons (Fsp3) is 0.647. The summed E-state index contributed by atoms with van der Waals surface area (Å²) in [6.45, 7) is 7.30. The first kappa shape index (κ1) is 12.7. The lowest BCUT2D eigenvalue weighted by Gasteiger charge is -2.35. The fourth-order valence-electron chi connectivity index (χ4n) is 3.61. The Morgan fingerprint density at radius 1 is 1.10 bits per heavy atom. The first-order valence-electron chi connectivity index (χ1n) is 8.20. The van der Waals surface area contributed by atoms with Crippen LogP contribution in [-0.2, 0) is 13.0 Å². The molecule has 0 spiro atoms. The second kappa shape index (κ2) is 5.38. The summed E-state index contributed by atoms with van der Waals surface area (Å²) in [5.41, 5.74) is 4.37. The molecule has 0 atom stereocenters. The molecule has 2 heterocycles. The Balaban J connectivity index is 1.37. The van der Waals surface area contributed by atoms with Crippen molar-refractivity contribution in [1.82, 2.24) is 9.80 Å². The molecule has 2 aliphatic heterocycles. The van der Waals surface area contributed by atoms with E-state index in [2.05, 4.69) is 33.3 Å². The third kappa shape index (κ3) is 2.70. The monoisotopic (exact) mass is 271 g/mol. The number of anilines is 1. The molecule has 3 nitrogen and oxygen atoms in total. The standard InChI is InChI=1S/C17H25N3/c1-2-15-12-14(3-6-17(15)18-7-1)13-19-8-10-20(11-9-19)16-4-5-16/h3,6,12,16,18H,1-2,4-5,7-11,13H2. The maximum Gasteiger partial charge on any atom is 0.0372 e. The van der Waals surface area contributed by atoms with Gasteiger partial charge in [-0.05, 0) is 42.9 Å². The Morgan fingerprint density at radius 2 is 1.95 bits per heavy atom. The third-order valence-corrected chi connectivity index (χ3v) is 4.98. The summed E-state index contributed by atoms with van der Waals surface area (Å²) < 4.78 is 0. The van der Waals surface area contributed by atoms with E-state index >= 15 is 0 Å². The zero-order chi connectivity index (χ0) is 13.4. The second-order valence-electron chi connectivity index (χ2n) is 6.57. The molecular formula is C17H25N3. The Labute approximate surface area is 121 Å². The van der Waals surface area contributed by atoms with Gasteiger partial charge in [0.05, 0.1) is 0 Å². The Bertz CT molecular complexity index is 473. The van der Waals surface area contributed by atoms with Crippen LogP contribution in [0.4, 0.5) is 5.69 Å². The van der Waals surface area contributed by atoms with Gasteiger partial charge >= 0.3 is 0 Å². The normalized spacial score (nSPS) is 24.2. The number of nitrogens with zero attached hydrogens (tertiary/aromatic N) is 2. The number of fused-ring (bicyclic) bond motifs is 1. The molecule has 1 aromatic rings. The van der Waals surface area contributed by atoms with Crippen LogP contribution < -0.4 is 5.32 Å². The highest BCUT2D eigenvalue weighted by atomic mass is 15.3. The lowest BCUT2D eigenvalue weighted by Crippen LogP contribution is -2.46. The van der Waals surface area contributed by atoms with Gasteiger partial charge in [0.1, 0.15) is 0 Å². The largest absolute Gasteiger partial charge is 0.385 e. The molecule has 3 heteroatoms. The molecule has 0 radical (unpaired) electrons. The van der Waals surface area contributed by atoms with Crippen molar-refractivity contribution >= 4 is 5.69 Å². The van der Waals surface area contributed by atoms with Crippen molar-refractivity contribution in [3.63, 3.8) is 0 Å². The molecule has 0 bridgehead atoms. The molecule has 0 amide bonds. The average molecular weight is 271 g/mol. The van der Waals surface area contributed by atoms with Gasteiger partial charge in [-0.1, -0.05) is 12.1 Å². The maximum atomic E-state index is 3.50. The van der Waals surface area contributed by atoms with Gasteiger partial charge < -0.3 is 5.32 Å². The van der Waals surface area contributed by atoms with Crippen LogP contribution >= 0.6 is 0 Å². The third-order valence-electron chi connectivity index (χ3n) is 4.98. The van der Waals surface area contributed by atoms with Gasteiger partial charge in [0.2, 0.25) is 0 Å². The van der Waals surface area contributed by atoms with Crippen molar-refractivity contribution < 1.29 is 0 Å². The Hall–Kier alpha value is -1.06. The van der Waals surface area contributed by atoms with Crippen LogP contribution in [0.5, 0.6) is 0 Å². The minimum absolute atomic E-state index is 0.937. The molecular weight excluding hydrogens is 246 g/mol. The summed E-state index contributed by atoms with van der Waals surface area (Å²) in [6.07, 6.45) is 5.40. The van der Waals surface area contributed by atoms with Gasteiger partial charge in [-0.15, -0.1) is 0 Å². The van der Waals surface area contributed by atoms with Gasteiger partial charge in [0, 0.05) is 51.0 Å². The molecule has 1 aromatic carbocycles. The van der Waals surface area contributed by atoms with Crippen LogP contribution in [0.15, 0.2) is 18.2 Å². The van der Waals surface area contributed by atoms with E-state index in [0.29, 0.717) is 0 Å². The number of nitrogens with one attached hydrogen (secondary N) is 1. The Kier molecular flexibility index (Phi) is 3.41. The minimum Gasteiger partial charge on any atom is -0.385 e. The van der Waals surface area contributed by atoms with Crippen molar-refractivity contribution in [2.24, 2.45) is 0 Å². The van der Waals surface area contributed by atoms with Crippen molar-refractivity contribution in [3.8, 4) is 0 Å². The maximum absolute atomic E-state index is 3.50. The van der Waals surface area contributed by atoms with Crippen LogP contribution in [-0.4, -0.2) is 48.6 Å². The molecule has 1 aliphatic carbocycles.